The van der Waals surface area contributed by atoms with Gasteiger partial charge in [-0.15, -0.1) is 0 Å². The van der Waals surface area contributed by atoms with Crippen LogP contribution >= 0.6 is 0 Å². The van der Waals surface area contributed by atoms with Crippen molar-refractivity contribution in [3.63, 3.8) is 0 Å². The third-order valence-electron chi connectivity index (χ3n) is 2.87. The van der Waals surface area contributed by atoms with Gasteiger partial charge in [0.2, 0.25) is 0 Å². The molecule has 0 atom stereocenters. The second-order valence-electron chi connectivity index (χ2n) is 4.05. The van der Waals surface area contributed by atoms with Gasteiger partial charge in [-0.3, -0.25) is 9.59 Å². The van der Waals surface area contributed by atoms with E-state index < -0.39 is 5.97 Å². The normalized spacial score (nSPS) is 17.1. The minimum absolute atomic E-state index is 0.192. The molecule has 3 nitrogen and oxygen atoms in total. The lowest BCUT2D eigenvalue weighted by atomic mass is 9.98. The summed E-state index contributed by atoms with van der Waals surface area (Å²) < 4.78 is 0. The zero-order valence-corrected chi connectivity index (χ0v) is 8.50. The molecular formula is C11H18O3. The molecule has 1 saturated carbocycles. The first-order chi connectivity index (χ1) is 6.70. The van der Waals surface area contributed by atoms with E-state index in [1.807, 2.05) is 0 Å². The summed E-state index contributed by atoms with van der Waals surface area (Å²) in [6.07, 6.45) is 6.62. The van der Waals surface area contributed by atoms with Gasteiger partial charge < -0.3 is 5.11 Å². The van der Waals surface area contributed by atoms with Crippen molar-refractivity contribution in [1.82, 2.24) is 0 Å². The number of ketones is 1. The van der Waals surface area contributed by atoms with Crippen molar-refractivity contribution in [2.24, 2.45) is 5.92 Å². The summed E-state index contributed by atoms with van der Waals surface area (Å²) in [5, 5.41) is 8.41. The average Bonchev–Trinajstić information content (AvgIpc) is 2.64. The third-order valence-corrected chi connectivity index (χ3v) is 2.87. The molecule has 0 bridgehead atoms. The molecule has 0 aromatic carbocycles. The van der Waals surface area contributed by atoms with Gasteiger partial charge in [0.05, 0.1) is 0 Å². The fraction of sp³-hybridized carbons (Fsp3) is 0.818. The van der Waals surface area contributed by atoms with Crippen molar-refractivity contribution >= 4 is 11.8 Å². The summed E-state index contributed by atoms with van der Waals surface area (Å²) in [6.45, 7) is 0. The SMILES string of the molecule is O=C(O)CCCCC(=O)C1CCCC1. The van der Waals surface area contributed by atoms with Crippen molar-refractivity contribution in [3.05, 3.63) is 0 Å². The molecule has 0 aliphatic heterocycles. The van der Waals surface area contributed by atoms with E-state index in [9.17, 15) is 9.59 Å². The highest BCUT2D eigenvalue weighted by molar-refractivity contribution is 5.81. The van der Waals surface area contributed by atoms with Gasteiger partial charge >= 0.3 is 5.97 Å². The smallest absolute Gasteiger partial charge is 0.303 e. The quantitative estimate of drug-likeness (QED) is 0.667. The van der Waals surface area contributed by atoms with E-state index in [2.05, 4.69) is 0 Å². The lowest BCUT2D eigenvalue weighted by Gasteiger charge is -2.06. The number of carbonyl (C=O) groups is 2. The van der Waals surface area contributed by atoms with Crippen molar-refractivity contribution in [2.45, 2.75) is 51.4 Å². The van der Waals surface area contributed by atoms with Crippen molar-refractivity contribution in [1.29, 1.82) is 0 Å². The van der Waals surface area contributed by atoms with E-state index in [4.69, 9.17) is 5.11 Å². The van der Waals surface area contributed by atoms with Crippen molar-refractivity contribution in [2.75, 3.05) is 0 Å². The zero-order valence-electron chi connectivity index (χ0n) is 8.50. The van der Waals surface area contributed by atoms with E-state index in [1.54, 1.807) is 0 Å². The van der Waals surface area contributed by atoms with Crippen LogP contribution in [0.3, 0.4) is 0 Å². The van der Waals surface area contributed by atoms with Crippen LogP contribution in [-0.4, -0.2) is 16.9 Å². The Morgan fingerprint density at radius 3 is 2.21 bits per heavy atom. The molecule has 0 aromatic heterocycles. The Labute approximate surface area is 84.5 Å². The van der Waals surface area contributed by atoms with Gasteiger partial charge in [0.1, 0.15) is 5.78 Å². The molecule has 0 unspecified atom stereocenters. The monoisotopic (exact) mass is 198 g/mol. The molecule has 0 aromatic rings. The molecule has 0 radical (unpaired) electrons. The maximum atomic E-state index is 11.5. The van der Waals surface area contributed by atoms with Gasteiger partial charge in [-0.1, -0.05) is 12.8 Å². The van der Waals surface area contributed by atoms with Crippen LogP contribution < -0.4 is 0 Å². The fourth-order valence-electron chi connectivity index (χ4n) is 2.03. The second kappa shape index (κ2) is 5.78. The maximum absolute atomic E-state index is 11.5. The van der Waals surface area contributed by atoms with Crippen LogP contribution in [-0.2, 0) is 9.59 Å². The molecule has 1 N–H and O–H groups in total. The van der Waals surface area contributed by atoms with Gasteiger partial charge in [0.15, 0.2) is 0 Å². The van der Waals surface area contributed by atoms with Crippen LogP contribution in [0.1, 0.15) is 51.4 Å². The molecule has 1 rings (SSSR count). The molecule has 1 fully saturated rings. The topological polar surface area (TPSA) is 54.4 Å². The van der Waals surface area contributed by atoms with Crippen molar-refractivity contribution in [3.8, 4) is 0 Å². The van der Waals surface area contributed by atoms with Crippen LogP contribution in [0.2, 0.25) is 0 Å². The largest absolute Gasteiger partial charge is 0.481 e. The number of aliphatic carboxylic acids is 1. The lowest BCUT2D eigenvalue weighted by molar-refractivity contribution is -0.137. The molecule has 3 heteroatoms. The first-order valence-corrected chi connectivity index (χ1v) is 5.44. The maximum Gasteiger partial charge on any atom is 0.303 e. The standard InChI is InChI=1S/C11H18O3/c12-10(9-5-1-2-6-9)7-3-4-8-11(13)14/h9H,1-8H2,(H,13,14). The van der Waals surface area contributed by atoms with E-state index in [1.165, 1.54) is 12.8 Å². The number of hydrogen-bond acceptors (Lipinski definition) is 2. The number of carboxylic acid groups (broad SMARTS) is 1. The summed E-state index contributed by atoms with van der Waals surface area (Å²) in [6, 6.07) is 0. The molecule has 14 heavy (non-hydrogen) atoms. The van der Waals surface area contributed by atoms with Gasteiger partial charge in [0, 0.05) is 18.8 Å². The minimum atomic E-state index is -0.765. The number of unbranched alkanes of at least 4 members (excludes halogenated alkanes) is 1. The van der Waals surface area contributed by atoms with Crippen LogP contribution in [0.15, 0.2) is 0 Å². The summed E-state index contributed by atoms with van der Waals surface area (Å²) in [5.41, 5.74) is 0. The Morgan fingerprint density at radius 2 is 1.64 bits per heavy atom. The Morgan fingerprint density at radius 1 is 1.07 bits per heavy atom. The number of carbonyl (C=O) groups excluding carboxylic acids is 1. The Bertz CT molecular complexity index is 205. The van der Waals surface area contributed by atoms with E-state index >= 15 is 0 Å². The molecule has 0 amide bonds. The van der Waals surface area contributed by atoms with E-state index in [0.717, 1.165) is 19.3 Å². The molecule has 1 aliphatic carbocycles. The summed E-state index contributed by atoms with van der Waals surface area (Å²) >= 11 is 0. The minimum Gasteiger partial charge on any atom is -0.481 e. The highest BCUT2D eigenvalue weighted by atomic mass is 16.4. The van der Waals surface area contributed by atoms with Gasteiger partial charge in [-0.25, -0.2) is 0 Å². The number of hydrogen-bond donors (Lipinski definition) is 1. The molecule has 0 heterocycles. The summed E-state index contributed by atoms with van der Waals surface area (Å²) in [5.74, 6) is -0.119. The Balaban J connectivity index is 2.05. The number of Topliss-reactive ketones (excluding diaryl/α,β-unsaturated/α-hetero) is 1. The second-order valence-corrected chi connectivity index (χ2v) is 4.05. The van der Waals surface area contributed by atoms with Crippen LogP contribution in [0.25, 0.3) is 0 Å². The fourth-order valence-corrected chi connectivity index (χ4v) is 2.03. The Kier molecular flexibility index (Phi) is 4.63. The summed E-state index contributed by atoms with van der Waals surface area (Å²) in [4.78, 5) is 21.8. The number of rotatable bonds is 6. The predicted octanol–water partition coefficient (Wildman–Crippen LogP) is 2.39. The van der Waals surface area contributed by atoms with Crippen molar-refractivity contribution < 1.29 is 14.7 Å². The van der Waals surface area contributed by atoms with Crippen LogP contribution in [0.5, 0.6) is 0 Å². The van der Waals surface area contributed by atoms with Crippen LogP contribution in [0.4, 0.5) is 0 Å². The summed E-state index contributed by atoms with van der Waals surface area (Å²) in [7, 11) is 0. The Hall–Kier alpha value is -0.860. The molecule has 0 saturated heterocycles. The van der Waals surface area contributed by atoms with Crippen LogP contribution in [0, 0.1) is 5.92 Å². The highest BCUT2D eigenvalue weighted by Gasteiger charge is 2.21. The average molecular weight is 198 g/mol. The molecule has 80 valence electrons. The first kappa shape index (κ1) is 11.2. The lowest BCUT2D eigenvalue weighted by Crippen LogP contribution is -2.10. The predicted molar refractivity (Wildman–Crippen MR) is 53.1 cm³/mol. The van der Waals surface area contributed by atoms with Gasteiger partial charge in [-0.2, -0.15) is 0 Å². The molecule has 1 aliphatic rings. The van der Waals surface area contributed by atoms with Gasteiger partial charge in [0.25, 0.3) is 0 Å². The third kappa shape index (κ3) is 3.90. The highest BCUT2D eigenvalue weighted by Crippen LogP contribution is 2.26. The van der Waals surface area contributed by atoms with E-state index in [0.29, 0.717) is 24.5 Å². The molecule has 0 spiro atoms. The molecular weight excluding hydrogens is 180 g/mol. The van der Waals surface area contributed by atoms with E-state index in [-0.39, 0.29) is 6.42 Å². The number of carboxylic acids is 1. The zero-order chi connectivity index (χ0) is 10.4. The van der Waals surface area contributed by atoms with Gasteiger partial charge in [-0.05, 0) is 25.7 Å². The first-order valence-electron chi connectivity index (χ1n) is 5.44.